The predicted octanol–water partition coefficient (Wildman–Crippen LogP) is 14.1. The molecule has 0 bridgehead atoms. The minimum atomic E-state index is 0.864. The van der Waals surface area contributed by atoms with Gasteiger partial charge in [-0.3, -0.25) is 0 Å². The lowest BCUT2D eigenvalue weighted by molar-refractivity contribution is 0.670. The Hall–Kier alpha value is -6.84. The van der Waals surface area contributed by atoms with E-state index in [9.17, 15) is 0 Å². The molecule has 0 amide bonds. The highest BCUT2D eigenvalue weighted by Crippen LogP contribution is 2.46. The van der Waals surface area contributed by atoms with Gasteiger partial charge >= 0.3 is 0 Å². The van der Waals surface area contributed by atoms with Crippen molar-refractivity contribution in [2.45, 2.75) is 0 Å². The molecule has 0 radical (unpaired) electrons. The monoisotopic (exact) mass is 651 g/mol. The Labute approximate surface area is 293 Å². The molecule has 9 aromatic carbocycles. The van der Waals surface area contributed by atoms with E-state index in [4.69, 9.17) is 8.83 Å². The van der Waals surface area contributed by atoms with Gasteiger partial charge in [-0.25, -0.2) is 0 Å². The van der Waals surface area contributed by atoms with Crippen molar-refractivity contribution in [1.29, 1.82) is 0 Å². The minimum Gasteiger partial charge on any atom is -0.455 e. The summed E-state index contributed by atoms with van der Waals surface area (Å²) in [5, 5.41) is 11.6. The van der Waals surface area contributed by atoms with Gasteiger partial charge in [0.1, 0.15) is 22.3 Å². The normalized spacial score (nSPS) is 11.9. The van der Waals surface area contributed by atoms with E-state index in [1.807, 2.05) is 12.1 Å². The van der Waals surface area contributed by atoms with Crippen molar-refractivity contribution in [3.8, 4) is 11.1 Å². The number of benzene rings is 9. The molecule has 0 fully saturated rings. The number of nitrogens with zero attached hydrogens (tertiary/aromatic N) is 1. The summed E-state index contributed by atoms with van der Waals surface area (Å²) in [6, 6.07) is 62.6. The lowest BCUT2D eigenvalue weighted by Crippen LogP contribution is -2.10. The first-order valence-electron chi connectivity index (χ1n) is 17.3. The molecule has 0 saturated carbocycles. The smallest absolute Gasteiger partial charge is 0.143 e. The van der Waals surface area contributed by atoms with Crippen LogP contribution >= 0.6 is 0 Å². The van der Waals surface area contributed by atoms with Crippen LogP contribution in [0.1, 0.15) is 0 Å². The van der Waals surface area contributed by atoms with E-state index in [2.05, 4.69) is 169 Å². The molecule has 3 nitrogen and oxygen atoms in total. The average molecular weight is 652 g/mol. The third kappa shape index (κ3) is 4.25. The van der Waals surface area contributed by atoms with Crippen LogP contribution in [0.2, 0.25) is 0 Å². The van der Waals surface area contributed by atoms with Gasteiger partial charge in [0.05, 0.1) is 11.1 Å². The highest BCUT2D eigenvalue weighted by atomic mass is 16.3. The van der Waals surface area contributed by atoms with E-state index in [-0.39, 0.29) is 0 Å². The van der Waals surface area contributed by atoms with Gasteiger partial charge < -0.3 is 13.7 Å². The van der Waals surface area contributed by atoms with Crippen molar-refractivity contribution in [1.82, 2.24) is 0 Å². The summed E-state index contributed by atoms with van der Waals surface area (Å²) in [6.07, 6.45) is 0. The number of furan rings is 2. The summed E-state index contributed by atoms with van der Waals surface area (Å²) in [6.45, 7) is 0. The quantitative estimate of drug-likeness (QED) is 0.177. The van der Waals surface area contributed by atoms with E-state index >= 15 is 0 Å². The van der Waals surface area contributed by atoms with Crippen LogP contribution in [0.3, 0.4) is 0 Å². The second kappa shape index (κ2) is 10.8. The number of rotatable bonds is 4. The molecular formula is C48H29NO2. The fraction of sp³-hybridized carbons (Fsp3) is 0. The van der Waals surface area contributed by atoms with E-state index in [1.165, 1.54) is 26.9 Å². The number of hydrogen-bond donors (Lipinski definition) is 0. The number of fused-ring (bicyclic) bond motifs is 11. The Morgan fingerprint density at radius 3 is 1.82 bits per heavy atom. The molecule has 0 unspecified atom stereocenters. The first-order chi connectivity index (χ1) is 25.3. The van der Waals surface area contributed by atoms with E-state index in [0.29, 0.717) is 0 Å². The molecule has 0 saturated heterocycles. The zero-order chi connectivity index (χ0) is 33.5. The van der Waals surface area contributed by atoms with Crippen LogP contribution in [0.4, 0.5) is 17.1 Å². The Morgan fingerprint density at radius 1 is 0.353 bits per heavy atom. The van der Waals surface area contributed by atoms with Crippen molar-refractivity contribution in [2.75, 3.05) is 4.90 Å². The van der Waals surface area contributed by atoms with Gasteiger partial charge in [-0.2, -0.15) is 0 Å². The van der Waals surface area contributed by atoms with Gasteiger partial charge in [0.25, 0.3) is 0 Å². The van der Waals surface area contributed by atoms with Crippen LogP contribution in [0.15, 0.2) is 185 Å². The molecule has 0 aliphatic heterocycles. The van der Waals surface area contributed by atoms with Gasteiger partial charge in [0.15, 0.2) is 0 Å². The Bertz CT molecular complexity index is 3150. The number of hydrogen-bond acceptors (Lipinski definition) is 3. The molecule has 238 valence electrons. The molecule has 0 atom stereocenters. The largest absolute Gasteiger partial charge is 0.455 e. The zero-order valence-electron chi connectivity index (χ0n) is 27.5. The molecule has 0 N–H and O–H groups in total. The van der Waals surface area contributed by atoms with Gasteiger partial charge in [-0.15, -0.1) is 0 Å². The van der Waals surface area contributed by atoms with Crippen LogP contribution in [0, 0.1) is 0 Å². The van der Waals surface area contributed by atoms with Gasteiger partial charge in [-0.05, 0) is 81.0 Å². The lowest BCUT2D eigenvalue weighted by atomic mass is 9.99. The summed E-state index contributed by atoms with van der Waals surface area (Å²) in [7, 11) is 0. The van der Waals surface area contributed by atoms with E-state index < -0.39 is 0 Å². The maximum Gasteiger partial charge on any atom is 0.143 e. The van der Waals surface area contributed by atoms with E-state index in [1.54, 1.807) is 0 Å². The predicted molar refractivity (Wildman–Crippen MR) is 214 cm³/mol. The van der Waals surface area contributed by atoms with Crippen molar-refractivity contribution >= 4 is 93.3 Å². The molecule has 3 heteroatoms. The summed E-state index contributed by atoms with van der Waals surface area (Å²) in [5.41, 5.74) is 8.96. The second-order valence-corrected chi connectivity index (χ2v) is 13.3. The molecule has 2 aromatic heterocycles. The van der Waals surface area contributed by atoms with Gasteiger partial charge in [0, 0.05) is 38.5 Å². The van der Waals surface area contributed by atoms with Crippen molar-refractivity contribution in [3.63, 3.8) is 0 Å². The second-order valence-electron chi connectivity index (χ2n) is 13.3. The van der Waals surface area contributed by atoms with Gasteiger partial charge in [-0.1, -0.05) is 127 Å². The first kappa shape index (κ1) is 28.0. The molecule has 11 rings (SSSR count). The Kier molecular flexibility index (Phi) is 5.96. The molecular weight excluding hydrogens is 623 g/mol. The van der Waals surface area contributed by atoms with Crippen LogP contribution in [-0.4, -0.2) is 0 Å². The Morgan fingerprint density at radius 2 is 0.961 bits per heavy atom. The highest BCUT2D eigenvalue weighted by molar-refractivity contribution is 6.20. The Balaban J connectivity index is 1.15. The lowest BCUT2D eigenvalue weighted by Gasteiger charge is -2.27. The van der Waals surface area contributed by atoms with Crippen molar-refractivity contribution in [3.05, 3.63) is 176 Å². The number of anilines is 3. The molecule has 0 aliphatic carbocycles. The van der Waals surface area contributed by atoms with Crippen LogP contribution < -0.4 is 4.90 Å². The standard InChI is InChI=1S/C48H29NO2/c1-3-11-36-30(9-1)19-20-33-23-27-35(29-42(33)36)49(43-16-8-18-45-46(43)41-28-24-31-10-2-4-12-37(31)48(41)51-45)34-25-21-32(22-26-34)38-14-7-15-40-39-13-5-6-17-44(39)50-47(38)40/h1-29H. The van der Waals surface area contributed by atoms with Crippen LogP contribution in [0.25, 0.3) is 87.3 Å². The molecule has 2 heterocycles. The van der Waals surface area contributed by atoms with Gasteiger partial charge in [0.2, 0.25) is 0 Å². The van der Waals surface area contributed by atoms with Crippen LogP contribution in [-0.2, 0) is 0 Å². The first-order valence-corrected chi connectivity index (χ1v) is 17.3. The topological polar surface area (TPSA) is 29.5 Å². The minimum absolute atomic E-state index is 0.864. The summed E-state index contributed by atoms with van der Waals surface area (Å²) >= 11 is 0. The number of para-hydroxylation sites is 2. The summed E-state index contributed by atoms with van der Waals surface area (Å²) in [5.74, 6) is 0. The van der Waals surface area contributed by atoms with E-state index in [0.717, 1.165) is 77.5 Å². The zero-order valence-corrected chi connectivity index (χ0v) is 27.5. The average Bonchev–Trinajstić information content (AvgIpc) is 3.78. The fourth-order valence-electron chi connectivity index (χ4n) is 8.04. The maximum absolute atomic E-state index is 6.66. The third-order valence-electron chi connectivity index (χ3n) is 10.4. The molecule has 0 aliphatic rings. The SMILES string of the molecule is c1ccc2c(c1)ccc1ccc(N(c3ccc(-c4cccc5c4oc4ccccc45)cc3)c3cccc4oc5c6ccccc6ccc5c34)cc12. The summed E-state index contributed by atoms with van der Waals surface area (Å²) < 4.78 is 13.1. The molecule has 51 heavy (non-hydrogen) atoms. The van der Waals surface area contributed by atoms with Crippen molar-refractivity contribution < 1.29 is 8.83 Å². The molecule has 11 aromatic rings. The summed E-state index contributed by atoms with van der Waals surface area (Å²) in [4.78, 5) is 2.37. The van der Waals surface area contributed by atoms with Crippen molar-refractivity contribution in [2.24, 2.45) is 0 Å². The van der Waals surface area contributed by atoms with Crippen LogP contribution in [0.5, 0.6) is 0 Å². The molecule has 0 spiro atoms. The maximum atomic E-state index is 6.66. The highest BCUT2D eigenvalue weighted by Gasteiger charge is 2.21. The third-order valence-corrected chi connectivity index (χ3v) is 10.4. The fourth-order valence-corrected chi connectivity index (χ4v) is 8.04.